The maximum atomic E-state index is 11.8. The van der Waals surface area contributed by atoms with Crippen LogP contribution in [0.3, 0.4) is 0 Å². The Bertz CT molecular complexity index is 944. The van der Waals surface area contributed by atoms with Gasteiger partial charge in [0.05, 0.1) is 36.9 Å². The molecule has 3 rings (SSSR count). The molecule has 1 aliphatic rings. The van der Waals surface area contributed by atoms with Crippen molar-refractivity contribution in [3.63, 3.8) is 0 Å². The lowest BCUT2D eigenvalue weighted by atomic mass is 10.1. The quantitative estimate of drug-likeness (QED) is 0.689. The fourth-order valence-electron chi connectivity index (χ4n) is 3.51. The smallest absolute Gasteiger partial charge is 0.373 e. The number of hydrogen-bond donors (Lipinski definition) is 0. The molecule has 0 bridgehead atoms. The van der Waals surface area contributed by atoms with E-state index < -0.39 is 15.8 Å². The van der Waals surface area contributed by atoms with Gasteiger partial charge in [-0.15, -0.1) is 0 Å². The molecule has 0 spiro atoms. The van der Waals surface area contributed by atoms with Crippen LogP contribution in [0.1, 0.15) is 45.7 Å². The predicted octanol–water partition coefficient (Wildman–Crippen LogP) is 1.87. The summed E-state index contributed by atoms with van der Waals surface area (Å²) in [6.45, 7) is 5.10. The lowest BCUT2D eigenvalue weighted by Gasteiger charge is -2.16. The van der Waals surface area contributed by atoms with Gasteiger partial charge in [0.15, 0.2) is 9.84 Å². The van der Waals surface area contributed by atoms with Crippen molar-refractivity contribution in [2.75, 3.05) is 25.7 Å². The summed E-state index contributed by atoms with van der Waals surface area (Å²) in [5.41, 5.74) is 2.98. The third-order valence-corrected chi connectivity index (χ3v) is 6.68. The number of rotatable bonds is 6. The van der Waals surface area contributed by atoms with Crippen LogP contribution in [-0.2, 0) is 27.7 Å². The molecule has 0 N–H and O–H groups in total. The van der Waals surface area contributed by atoms with E-state index in [4.69, 9.17) is 4.42 Å². The van der Waals surface area contributed by atoms with Gasteiger partial charge in [-0.3, -0.25) is 9.58 Å². The summed E-state index contributed by atoms with van der Waals surface area (Å²) >= 11 is 0. The Morgan fingerprint density at radius 1 is 1.37 bits per heavy atom. The summed E-state index contributed by atoms with van der Waals surface area (Å²) in [5.74, 6) is 0.744. The number of methoxy groups -OCH3 is 1. The zero-order valence-corrected chi connectivity index (χ0v) is 16.9. The van der Waals surface area contributed by atoms with Crippen molar-refractivity contribution in [3.05, 3.63) is 40.6 Å². The van der Waals surface area contributed by atoms with Gasteiger partial charge in [-0.2, -0.15) is 5.10 Å². The molecule has 0 aromatic carbocycles. The van der Waals surface area contributed by atoms with Crippen molar-refractivity contribution in [3.8, 4) is 0 Å². The zero-order valence-electron chi connectivity index (χ0n) is 16.1. The average Bonchev–Trinajstić information content (AvgIpc) is 3.28. The molecule has 1 aliphatic heterocycles. The highest BCUT2D eigenvalue weighted by atomic mass is 32.2. The molecular formula is C18H25N3O5S. The highest BCUT2D eigenvalue weighted by Gasteiger charge is 2.31. The van der Waals surface area contributed by atoms with Gasteiger partial charge in [0, 0.05) is 17.8 Å². The Morgan fingerprint density at radius 2 is 2.11 bits per heavy atom. The Morgan fingerprint density at radius 3 is 2.74 bits per heavy atom. The van der Waals surface area contributed by atoms with E-state index in [1.807, 2.05) is 25.6 Å². The van der Waals surface area contributed by atoms with Gasteiger partial charge >= 0.3 is 5.97 Å². The number of aromatic nitrogens is 2. The van der Waals surface area contributed by atoms with E-state index in [0.29, 0.717) is 25.3 Å². The van der Waals surface area contributed by atoms with Gasteiger partial charge in [-0.05, 0) is 39.4 Å². The second-order valence-corrected chi connectivity index (χ2v) is 9.31. The van der Waals surface area contributed by atoms with E-state index in [-0.39, 0.29) is 23.3 Å². The van der Waals surface area contributed by atoms with Crippen LogP contribution in [0.25, 0.3) is 0 Å². The Labute approximate surface area is 159 Å². The summed E-state index contributed by atoms with van der Waals surface area (Å²) < 4.78 is 35.6. The first kappa shape index (κ1) is 19.6. The summed E-state index contributed by atoms with van der Waals surface area (Å²) in [6.07, 6.45) is 0.613. The maximum absolute atomic E-state index is 11.8. The molecule has 3 heterocycles. The maximum Gasteiger partial charge on any atom is 0.373 e. The highest BCUT2D eigenvalue weighted by Crippen LogP contribution is 2.27. The van der Waals surface area contributed by atoms with Crippen LogP contribution in [0.15, 0.2) is 16.5 Å². The van der Waals surface area contributed by atoms with Crippen LogP contribution in [-0.4, -0.2) is 54.7 Å². The van der Waals surface area contributed by atoms with Gasteiger partial charge in [0.2, 0.25) is 5.76 Å². The van der Waals surface area contributed by atoms with Gasteiger partial charge in [0.1, 0.15) is 5.76 Å². The zero-order chi connectivity index (χ0) is 19.8. The van der Waals surface area contributed by atoms with Gasteiger partial charge in [-0.25, -0.2) is 13.2 Å². The van der Waals surface area contributed by atoms with Gasteiger partial charge < -0.3 is 9.15 Å². The van der Waals surface area contributed by atoms with Crippen molar-refractivity contribution >= 4 is 15.8 Å². The molecule has 0 saturated carbocycles. The SMILES string of the molecule is COC(=O)c1ccc(CN(C)Cc2c(C)nn([C@@H]3CCS(=O)(=O)C3)c2C)o1. The molecule has 1 saturated heterocycles. The molecule has 0 unspecified atom stereocenters. The second kappa shape index (κ2) is 7.47. The molecule has 2 aromatic heterocycles. The molecule has 0 radical (unpaired) electrons. The average molecular weight is 395 g/mol. The summed E-state index contributed by atoms with van der Waals surface area (Å²) in [4.78, 5) is 13.5. The third-order valence-electron chi connectivity index (χ3n) is 4.93. The molecule has 27 heavy (non-hydrogen) atoms. The Balaban J connectivity index is 1.70. The number of hydrogen-bond acceptors (Lipinski definition) is 7. The number of nitrogens with zero attached hydrogens (tertiary/aromatic N) is 3. The number of esters is 1. The summed E-state index contributed by atoms with van der Waals surface area (Å²) in [5, 5.41) is 4.60. The van der Waals surface area contributed by atoms with E-state index in [1.54, 1.807) is 12.1 Å². The Hall–Kier alpha value is -2.13. The topological polar surface area (TPSA) is 94.6 Å². The molecule has 1 atom stereocenters. The summed E-state index contributed by atoms with van der Waals surface area (Å²) in [7, 11) is 0.314. The number of carbonyl (C=O) groups is 1. The fourth-order valence-corrected chi connectivity index (χ4v) is 5.21. The standard InChI is InChI=1S/C18H25N3O5S/c1-12-16(13(2)21(19-12)14-7-8-27(23,24)11-14)10-20(3)9-15-5-6-17(26-15)18(22)25-4/h5-6,14H,7-11H2,1-4H3/t14-/m1/s1. The van der Waals surface area contributed by atoms with E-state index in [0.717, 1.165) is 17.0 Å². The number of carbonyl (C=O) groups excluding carboxylic acids is 1. The number of ether oxygens (including phenoxy) is 1. The molecule has 8 nitrogen and oxygen atoms in total. The number of sulfone groups is 1. The number of furan rings is 1. The van der Waals surface area contributed by atoms with Crippen molar-refractivity contribution in [2.24, 2.45) is 0 Å². The summed E-state index contributed by atoms with van der Waals surface area (Å²) in [6, 6.07) is 3.28. The van der Waals surface area contributed by atoms with Crippen molar-refractivity contribution < 1.29 is 22.4 Å². The molecule has 0 aliphatic carbocycles. The van der Waals surface area contributed by atoms with Crippen LogP contribution in [0.4, 0.5) is 0 Å². The first-order valence-electron chi connectivity index (χ1n) is 8.80. The normalized spacial score (nSPS) is 18.9. The van der Waals surface area contributed by atoms with Crippen molar-refractivity contribution in [2.45, 2.75) is 39.4 Å². The lowest BCUT2D eigenvalue weighted by Crippen LogP contribution is -2.18. The number of aryl methyl sites for hydroxylation is 1. The van der Waals surface area contributed by atoms with Crippen molar-refractivity contribution in [1.82, 2.24) is 14.7 Å². The van der Waals surface area contributed by atoms with Crippen molar-refractivity contribution in [1.29, 1.82) is 0 Å². The van der Waals surface area contributed by atoms with Crippen LogP contribution in [0, 0.1) is 13.8 Å². The first-order chi connectivity index (χ1) is 12.7. The minimum Gasteiger partial charge on any atom is -0.463 e. The minimum absolute atomic E-state index is 0.0829. The second-order valence-electron chi connectivity index (χ2n) is 7.08. The van der Waals surface area contributed by atoms with Crippen LogP contribution in [0.2, 0.25) is 0 Å². The molecular weight excluding hydrogens is 370 g/mol. The first-order valence-corrected chi connectivity index (χ1v) is 10.6. The van der Waals surface area contributed by atoms with Crippen LogP contribution >= 0.6 is 0 Å². The van der Waals surface area contributed by atoms with E-state index >= 15 is 0 Å². The monoisotopic (exact) mass is 395 g/mol. The fraction of sp³-hybridized carbons (Fsp3) is 0.556. The van der Waals surface area contributed by atoms with Gasteiger partial charge in [-0.1, -0.05) is 0 Å². The molecule has 1 fully saturated rings. The predicted molar refractivity (Wildman–Crippen MR) is 99.2 cm³/mol. The molecule has 148 valence electrons. The van der Waals surface area contributed by atoms with E-state index in [1.165, 1.54) is 7.11 Å². The van der Waals surface area contributed by atoms with Gasteiger partial charge in [0.25, 0.3) is 0 Å². The lowest BCUT2D eigenvalue weighted by molar-refractivity contribution is 0.0561. The third kappa shape index (κ3) is 4.24. The molecule has 2 aromatic rings. The Kier molecular flexibility index (Phi) is 5.43. The highest BCUT2D eigenvalue weighted by molar-refractivity contribution is 7.91. The molecule has 0 amide bonds. The van der Waals surface area contributed by atoms with E-state index in [2.05, 4.69) is 14.7 Å². The minimum atomic E-state index is -2.96. The molecule has 9 heteroatoms. The van der Waals surface area contributed by atoms with E-state index in [9.17, 15) is 13.2 Å². The van der Waals surface area contributed by atoms with Crippen LogP contribution < -0.4 is 0 Å². The van der Waals surface area contributed by atoms with Crippen LogP contribution in [0.5, 0.6) is 0 Å². The largest absolute Gasteiger partial charge is 0.463 e.